The molecule has 0 spiro atoms. The first kappa shape index (κ1) is 23.9. The smallest absolute Gasteiger partial charge is 0.344 e. The number of carbonyl (C=O) groups excluding carboxylic acids is 3. The van der Waals surface area contributed by atoms with Gasteiger partial charge < -0.3 is 9.64 Å². The molecule has 4 aromatic rings. The zero-order valence-corrected chi connectivity index (χ0v) is 19.9. The van der Waals surface area contributed by atoms with Crippen molar-refractivity contribution in [1.29, 1.82) is 0 Å². The van der Waals surface area contributed by atoms with E-state index in [1.165, 1.54) is 16.7 Å². The van der Waals surface area contributed by atoms with Gasteiger partial charge in [0.25, 0.3) is 5.91 Å². The Kier molecular flexibility index (Phi) is 6.98. The maximum absolute atomic E-state index is 12.8. The van der Waals surface area contributed by atoms with E-state index in [2.05, 4.69) is 20.3 Å². The van der Waals surface area contributed by atoms with E-state index in [4.69, 9.17) is 4.74 Å². The van der Waals surface area contributed by atoms with Crippen LogP contribution in [-0.2, 0) is 0 Å². The molecule has 1 aliphatic rings. The number of carbonyl (C=O) groups is 3. The van der Waals surface area contributed by atoms with Crippen molar-refractivity contribution in [3.8, 4) is 11.8 Å². The van der Waals surface area contributed by atoms with Gasteiger partial charge in [0, 0.05) is 24.7 Å². The number of esters is 1. The highest BCUT2D eigenvalue weighted by molar-refractivity contribution is 6.03. The molecule has 37 heavy (non-hydrogen) atoms. The molecule has 2 aromatic carbocycles. The van der Waals surface area contributed by atoms with Gasteiger partial charge in [-0.05, 0) is 49.6 Å². The molecule has 10 heteroatoms. The largest absolute Gasteiger partial charge is 0.405 e. The lowest BCUT2D eigenvalue weighted by atomic mass is 10.1. The molecule has 5 rings (SSSR count). The quantitative estimate of drug-likeness (QED) is 0.302. The number of aromatic nitrogens is 4. The topological polar surface area (TPSA) is 119 Å². The monoisotopic (exact) mass is 496 g/mol. The number of amides is 1. The van der Waals surface area contributed by atoms with Gasteiger partial charge in [0.1, 0.15) is 0 Å². The zero-order chi connectivity index (χ0) is 25.6. The first-order valence-corrected chi connectivity index (χ1v) is 11.9. The Hall–Kier alpha value is -4.86. The van der Waals surface area contributed by atoms with Gasteiger partial charge in [0.05, 0.1) is 11.3 Å². The fourth-order valence-electron chi connectivity index (χ4n) is 4.06. The zero-order valence-electron chi connectivity index (χ0n) is 19.9. The highest BCUT2D eigenvalue weighted by Crippen LogP contribution is 2.25. The lowest BCUT2D eigenvalue weighted by Gasteiger charge is -2.27. The number of nitrogens with one attached hydrogen (secondary N) is 1. The standard InChI is InChI=1S/C27H24N6O4/c34-18-21-14-15-22(37-24(36)20-12-6-2-7-13-20)33(21)27-30-25(28-23(35)19-10-4-1-5-11-19)29-26(31-27)32-16-8-3-9-17-32/h1-2,4-7,10-15,18H,3,8-9,16-17H2,(H,28,29,30,31,35). The summed E-state index contributed by atoms with van der Waals surface area (Å²) < 4.78 is 6.94. The molecule has 3 heterocycles. The van der Waals surface area contributed by atoms with Gasteiger partial charge in [-0.25, -0.2) is 9.36 Å². The molecule has 1 aliphatic heterocycles. The average molecular weight is 497 g/mol. The fourth-order valence-corrected chi connectivity index (χ4v) is 4.06. The summed E-state index contributed by atoms with van der Waals surface area (Å²) in [6.45, 7) is 1.50. The van der Waals surface area contributed by atoms with E-state index < -0.39 is 5.97 Å². The van der Waals surface area contributed by atoms with Gasteiger partial charge >= 0.3 is 5.97 Å². The Morgan fingerprint density at radius 1 is 0.784 bits per heavy atom. The second-order valence-corrected chi connectivity index (χ2v) is 8.43. The highest BCUT2D eigenvalue weighted by atomic mass is 16.5. The minimum absolute atomic E-state index is 0.0188. The lowest BCUT2D eigenvalue weighted by Crippen LogP contribution is -2.32. The summed E-state index contributed by atoms with van der Waals surface area (Å²) in [6, 6.07) is 20.2. The Bertz CT molecular complexity index is 1420. The van der Waals surface area contributed by atoms with Gasteiger partial charge in [-0.1, -0.05) is 36.4 Å². The number of aldehydes is 1. The van der Waals surface area contributed by atoms with Crippen molar-refractivity contribution in [3.05, 3.63) is 89.6 Å². The van der Waals surface area contributed by atoms with Gasteiger partial charge in [-0.3, -0.25) is 14.9 Å². The van der Waals surface area contributed by atoms with E-state index in [0.717, 1.165) is 32.4 Å². The molecule has 0 atom stereocenters. The molecular formula is C27H24N6O4. The first-order chi connectivity index (χ1) is 18.1. The Morgan fingerprint density at radius 3 is 2.11 bits per heavy atom. The molecule has 1 amide bonds. The first-order valence-electron chi connectivity index (χ1n) is 11.9. The van der Waals surface area contributed by atoms with Crippen LogP contribution in [0.15, 0.2) is 72.8 Å². The maximum atomic E-state index is 12.8. The van der Waals surface area contributed by atoms with Crippen molar-refractivity contribution in [2.24, 2.45) is 0 Å². The molecule has 186 valence electrons. The number of ether oxygens (including phenoxy) is 1. The maximum Gasteiger partial charge on any atom is 0.344 e. The molecular weight excluding hydrogens is 472 g/mol. The molecule has 10 nitrogen and oxygen atoms in total. The summed E-state index contributed by atoms with van der Waals surface area (Å²) in [5, 5.41) is 2.73. The minimum atomic E-state index is -0.597. The van der Waals surface area contributed by atoms with Crippen molar-refractivity contribution < 1.29 is 19.1 Å². The molecule has 1 saturated heterocycles. The van der Waals surface area contributed by atoms with E-state index >= 15 is 0 Å². The summed E-state index contributed by atoms with van der Waals surface area (Å²) in [4.78, 5) is 53.0. The molecule has 1 N–H and O–H groups in total. The van der Waals surface area contributed by atoms with Crippen LogP contribution in [0.25, 0.3) is 5.95 Å². The van der Waals surface area contributed by atoms with Gasteiger partial charge in [-0.2, -0.15) is 15.0 Å². The van der Waals surface area contributed by atoms with Crippen LogP contribution in [0, 0.1) is 0 Å². The van der Waals surface area contributed by atoms with Crippen LogP contribution in [0.4, 0.5) is 11.9 Å². The predicted molar refractivity (Wildman–Crippen MR) is 136 cm³/mol. The van der Waals surface area contributed by atoms with Crippen LogP contribution >= 0.6 is 0 Å². The SMILES string of the molecule is O=Cc1ccc(OC(=O)c2ccccc2)n1-c1nc(NC(=O)c2ccccc2)nc(N2CCCCC2)n1. The van der Waals surface area contributed by atoms with Crippen molar-refractivity contribution in [2.45, 2.75) is 19.3 Å². The summed E-state index contributed by atoms with van der Waals surface area (Å²) in [7, 11) is 0. The van der Waals surface area contributed by atoms with E-state index in [-0.39, 0.29) is 29.4 Å². The Morgan fingerprint density at radius 2 is 1.43 bits per heavy atom. The average Bonchev–Trinajstić information content (AvgIpc) is 3.36. The van der Waals surface area contributed by atoms with Crippen LogP contribution in [0.3, 0.4) is 0 Å². The third-order valence-electron chi connectivity index (χ3n) is 5.91. The number of piperidine rings is 1. The van der Waals surface area contributed by atoms with Crippen LogP contribution in [0.1, 0.15) is 50.5 Å². The number of rotatable bonds is 7. The Balaban J connectivity index is 1.54. The normalized spacial score (nSPS) is 13.1. The summed E-state index contributed by atoms with van der Waals surface area (Å²) in [5.41, 5.74) is 0.964. The van der Waals surface area contributed by atoms with Crippen molar-refractivity contribution >= 4 is 30.1 Å². The third kappa shape index (κ3) is 5.37. The van der Waals surface area contributed by atoms with E-state index in [1.54, 1.807) is 54.6 Å². The highest BCUT2D eigenvalue weighted by Gasteiger charge is 2.22. The van der Waals surface area contributed by atoms with Crippen molar-refractivity contribution in [3.63, 3.8) is 0 Å². The fraction of sp³-hybridized carbons (Fsp3) is 0.185. The molecule has 0 unspecified atom stereocenters. The van der Waals surface area contributed by atoms with E-state index in [0.29, 0.717) is 23.4 Å². The molecule has 2 aromatic heterocycles. The van der Waals surface area contributed by atoms with Crippen LogP contribution < -0.4 is 15.0 Å². The van der Waals surface area contributed by atoms with Gasteiger partial charge in [0.2, 0.25) is 23.7 Å². The number of benzene rings is 2. The van der Waals surface area contributed by atoms with Crippen molar-refractivity contribution in [1.82, 2.24) is 19.5 Å². The van der Waals surface area contributed by atoms with E-state index in [9.17, 15) is 14.4 Å². The van der Waals surface area contributed by atoms with Crippen LogP contribution in [0.5, 0.6) is 5.88 Å². The second kappa shape index (κ2) is 10.8. The number of anilines is 2. The van der Waals surface area contributed by atoms with Crippen LogP contribution in [-0.4, -0.2) is 50.8 Å². The lowest BCUT2D eigenvalue weighted by molar-refractivity contribution is 0.0723. The summed E-state index contributed by atoms with van der Waals surface area (Å²) in [5.74, 6) is -0.500. The summed E-state index contributed by atoms with van der Waals surface area (Å²) in [6.07, 6.45) is 3.69. The predicted octanol–water partition coefficient (Wildman–Crippen LogP) is 3.94. The third-order valence-corrected chi connectivity index (χ3v) is 5.91. The summed E-state index contributed by atoms with van der Waals surface area (Å²) >= 11 is 0. The second-order valence-electron chi connectivity index (χ2n) is 8.43. The van der Waals surface area contributed by atoms with E-state index in [1.807, 2.05) is 11.0 Å². The van der Waals surface area contributed by atoms with Crippen LogP contribution in [0.2, 0.25) is 0 Å². The molecule has 0 bridgehead atoms. The number of hydrogen-bond donors (Lipinski definition) is 1. The number of nitrogens with zero attached hydrogens (tertiary/aromatic N) is 5. The minimum Gasteiger partial charge on any atom is -0.405 e. The molecule has 0 aliphatic carbocycles. The van der Waals surface area contributed by atoms with Crippen molar-refractivity contribution in [2.75, 3.05) is 23.3 Å². The Labute approximate surface area is 213 Å². The molecule has 1 fully saturated rings. The number of hydrogen-bond acceptors (Lipinski definition) is 8. The molecule has 0 radical (unpaired) electrons. The van der Waals surface area contributed by atoms with Gasteiger partial charge in [0.15, 0.2) is 6.29 Å². The molecule has 0 saturated carbocycles. The van der Waals surface area contributed by atoms with Gasteiger partial charge in [-0.15, -0.1) is 0 Å².